The topological polar surface area (TPSA) is 56.9 Å². The van der Waals surface area contributed by atoms with E-state index >= 15 is 0 Å². The molecule has 2 rings (SSSR count). The van der Waals surface area contributed by atoms with Gasteiger partial charge in [0.15, 0.2) is 0 Å². The molecular weight excluding hydrogens is 243 g/mol. The van der Waals surface area contributed by atoms with Gasteiger partial charge in [0.25, 0.3) is 0 Å². The normalized spacial score (nSPS) is 30.4. The van der Waals surface area contributed by atoms with Crippen LogP contribution in [-0.4, -0.2) is 10.1 Å². The molecule has 1 aliphatic carbocycles. The van der Waals surface area contributed by atoms with Gasteiger partial charge in [-0.2, -0.15) is 5.26 Å². The minimum atomic E-state index is -1.36. The Morgan fingerprint density at radius 1 is 1.58 bits per heavy atom. The summed E-state index contributed by atoms with van der Waals surface area (Å²) in [6, 6.07) is 5.06. The van der Waals surface area contributed by atoms with Crippen LogP contribution in [0.3, 0.4) is 0 Å². The molecule has 4 heteroatoms. The van der Waals surface area contributed by atoms with Crippen LogP contribution in [0.5, 0.6) is 0 Å². The average molecular weight is 262 g/mol. The first-order valence-electron chi connectivity index (χ1n) is 6.67. The van der Waals surface area contributed by atoms with Gasteiger partial charge in [-0.3, -0.25) is 4.98 Å². The molecule has 3 atom stereocenters. The van der Waals surface area contributed by atoms with Crippen molar-refractivity contribution in [1.82, 2.24) is 4.98 Å². The third-order valence-electron chi connectivity index (χ3n) is 4.37. The highest BCUT2D eigenvalue weighted by Crippen LogP contribution is 2.50. The lowest BCUT2D eigenvalue weighted by Gasteiger charge is -2.44. The molecule has 1 heterocycles. The third kappa shape index (κ3) is 2.35. The second-order valence-electron chi connectivity index (χ2n) is 5.83. The Morgan fingerprint density at radius 3 is 2.84 bits per heavy atom. The van der Waals surface area contributed by atoms with E-state index in [1.54, 1.807) is 6.92 Å². The molecule has 0 saturated heterocycles. The van der Waals surface area contributed by atoms with E-state index < -0.39 is 16.8 Å². The SMILES string of the molecule is CC1CCCC(C#N)(C(C)(O)c2ccc(F)cn2)C1. The smallest absolute Gasteiger partial charge is 0.141 e. The molecular formula is C15H19FN2O. The van der Waals surface area contributed by atoms with Crippen LogP contribution in [-0.2, 0) is 5.60 Å². The molecule has 1 fully saturated rings. The van der Waals surface area contributed by atoms with Gasteiger partial charge >= 0.3 is 0 Å². The maximum Gasteiger partial charge on any atom is 0.141 e. The van der Waals surface area contributed by atoms with Crippen molar-refractivity contribution in [3.63, 3.8) is 0 Å². The predicted octanol–water partition coefficient (Wildman–Crippen LogP) is 3.15. The van der Waals surface area contributed by atoms with Crippen LogP contribution in [0.2, 0.25) is 0 Å². The van der Waals surface area contributed by atoms with Gasteiger partial charge in [-0.25, -0.2) is 4.39 Å². The number of pyridine rings is 1. The van der Waals surface area contributed by atoms with E-state index in [4.69, 9.17) is 0 Å². The largest absolute Gasteiger partial charge is 0.382 e. The molecule has 3 nitrogen and oxygen atoms in total. The molecule has 3 unspecified atom stereocenters. The summed E-state index contributed by atoms with van der Waals surface area (Å²) >= 11 is 0. The quantitative estimate of drug-likeness (QED) is 0.890. The summed E-state index contributed by atoms with van der Waals surface area (Å²) in [6.07, 6.45) is 4.39. The number of rotatable bonds is 2. The summed E-state index contributed by atoms with van der Waals surface area (Å²) in [6.45, 7) is 3.72. The number of aromatic nitrogens is 1. The molecule has 1 aliphatic rings. The van der Waals surface area contributed by atoms with E-state index in [9.17, 15) is 14.8 Å². The number of hydrogen-bond donors (Lipinski definition) is 1. The highest BCUT2D eigenvalue weighted by molar-refractivity contribution is 5.23. The molecule has 0 amide bonds. The van der Waals surface area contributed by atoms with Gasteiger partial charge in [0.1, 0.15) is 11.4 Å². The van der Waals surface area contributed by atoms with Crippen LogP contribution in [0.25, 0.3) is 0 Å². The van der Waals surface area contributed by atoms with Crippen molar-refractivity contribution in [3.05, 3.63) is 29.8 Å². The standard InChI is InChI=1S/C15H19FN2O/c1-11-4-3-7-15(8-11,10-17)14(2,19)13-6-5-12(16)9-18-13/h5-6,9,11,19H,3-4,7-8H2,1-2H3. The molecule has 0 bridgehead atoms. The number of nitrogens with zero attached hydrogens (tertiary/aromatic N) is 2. The van der Waals surface area contributed by atoms with Crippen LogP contribution >= 0.6 is 0 Å². The zero-order valence-corrected chi connectivity index (χ0v) is 11.4. The lowest BCUT2D eigenvalue weighted by molar-refractivity contribution is -0.0752. The molecule has 1 aromatic heterocycles. The molecule has 0 aliphatic heterocycles. The number of aliphatic hydroxyl groups is 1. The van der Waals surface area contributed by atoms with Gasteiger partial charge in [0.05, 0.1) is 23.4 Å². The second kappa shape index (κ2) is 4.90. The summed E-state index contributed by atoms with van der Waals surface area (Å²) in [5.74, 6) is -0.0390. The number of halogens is 1. The summed E-state index contributed by atoms with van der Waals surface area (Å²) < 4.78 is 12.9. The fourth-order valence-electron chi connectivity index (χ4n) is 3.11. The van der Waals surface area contributed by atoms with Gasteiger partial charge in [0.2, 0.25) is 0 Å². The van der Waals surface area contributed by atoms with Crippen molar-refractivity contribution in [3.8, 4) is 6.07 Å². The lowest BCUT2D eigenvalue weighted by atomic mass is 9.61. The Kier molecular flexibility index (Phi) is 3.60. The van der Waals surface area contributed by atoms with Crippen molar-refractivity contribution in [2.75, 3.05) is 0 Å². The molecule has 0 radical (unpaired) electrons. The van der Waals surface area contributed by atoms with E-state index in [1.807, 2.05) is 0 Å². The van der Waals surface area contributed by atoms with Crippen LogP contribution < -0.4 is 0 Å². The first-order valence-corrected chi connectivity index (χ1v) is 6.67. The third-order valence-corrected chi connectivity index (χ3v) is 4.37. The molecule has 102 valence electrons. The van der Waals surface area contributed by atoms with E-state index in [2.05, 4.69) is 18.0 Å². The highest BCUT2D eigenvalue weighted by atomic mass is 19.1. The van der Waals surface area contributed by atoms with Gasteiger partial charge in [-0.05, 0) is 37.8 Å². The van der Waals surface area contributed by atoms with Gasteiger partial charge in [-0.15, -0.1) is 0 Å². The first-order chi connectivity index (χ1) is 8.91. The van der Waals surface area contributed by atoms with Gasteiger partial charge in [0, 0.05) is 0 Å². The summed E-state index contributed by atoms with van der Waals surface area (Å²) in [5, 5.41) is 20.5. The monoisotopic (exact) mass is 262 g/mol. The maximum absolute atomic E-state index is 12.9. The molecule has 1 N–H and O–H groups in total. The van der Waals surface area contributed by atoms with Crippen LogP contribution in [0.1, 0.15) is 45.2 Å². The van der Waals surface area contributed by atoms with Crippen LogP contribution in [0.4, 0.5) is 4.39 Å². The maximum atomic E-state index is 12.9. The Labute approximate surface area is 113 Å². The zero-order valence-electron chi connectivity index (χ0n) is 11.4. The van der Waals surface area contributed by atoms with Crippen molar-refractivity contribution in [2.45, 2.75) is 45.1 Å². The molecule has 1 aromatic rings. The van der Waals surface area contributed by atoms with E-state index in [1.165, 1.54) is 12.1 Å². The lowest BCUT2D eigenvalue weighted by Crippen LogP contribution is -2.46. The van der Waals surface area contributed by atoms with Gasteiger partial charge in [-0.1, -0.05) is 19.8 Å². The Balaban J connectivity index is 2.41. The minimum absolute atomic E-state index is 0.365. The average Bonchev–Trinajstić information content (AvgIpc) is 2.39. The fourth-order valence-corrected chi connectivity index (χ4v) is 3.11. The molecule has 19 heavy (non-hydrogen) atoms. The van der Waals surface area contributed by atoms with Crippen LogP contribution in [0.15, 0.2) is 18.3 Å². The summed E-state index contributed by atoms with van der Waals surface area (Å²) in [7, 11) is 0. The first kappa shape index (κ1) is 14.0. The van der Waals surface area contributed by atoms with Crippen LogP contribution in [0, 0.1) is 28.5 Å². The van der Waals surface area contributed by atoms with E-state index in [0.29, 0.717) is 24.5 Å². The minimum Gasteiger partial charge on any atom is -0.382 e. The van der Waals surface area contributed by atoms with Crippen molar-refractivity contribution in [2.24, 2.45) is 11.3 Å². The number of hydrogen-bond acceptors (Lipinski definition) is 3. The highest BCUT2D eigenvalue weighted by Gasteiger charge is 2.51. The van der Waals surface area contributed by atoms with Gasteiger partial charge < -0.3 is 5.11 Å². The van der Waals surface area contributed by atoms with E-state index in [-0.39, 0.29) is 0 Å². The fraction of sp³-hybridized carbons (Fsp3) is 0.600. The molecule has 1 saturated carbocycles. The second-order valence-corrected chi connectivity index (χ2v) is 5.83. The van der Waals surface area contributed by atoms with E-state index in [0.717, 1.165) is 19.0 Å². The molecule has 0 aromatic carbocycles. The van der Waals surface area contributed by atoms with Crippen molar-refractivity contribution >= 4 is 0 Å². The number of nitriles is 1. The predicted molar refractivity (Wildman–Crippen MR) is 69.4 cm³/mol. The zero-order chi connectivity index (χ0) is 14.1. The molecule has 0 spiro atoms. The Morgan fingerprint density at radius 2 is 2.32 bits per heavy atom. The van der Waals surface area contributed by atoms with Crippen molar-refractivity contribution in [1.29, 1.82) is 5.26 Å². The Bertz CT molecular complexity index is 492. The van der Waals surface area contributed by atoms with Crippen molar-refractivity contribution < 1.29 is 9.50 Å². The summed E-state index contributed by atoms with van der Waals surface area (Å²) in [5.41, 5.74) is -1.83. The summed E-state index contributed by atoms with van der Waals surface area (Å²) in [4.78, 5) is 3.97. The Hall–Kier alpha value is -1.47.